The van der Waals surface area contributed by atoms with Crippen molar-refractivity contribution in [2.75, 3.05) is 6.54 Å². The molecule has 0 saturated heterocycles. The third kappa shape index (κ3) is 10.2. The highest BCUT2D eigenvalue weighted by molar-refractivity contribution is 5.64. The number of primary amides is 1. The van der Waals surface area contributed by atoms with Crippen molar-refractivity contribution in [1.29, 1.82) is 0 Å². The molecule has 0 radical (unpaired) electrons. The summed E-state index contributed by atoms with van der Waals surface area (Å²) in [5.41, 5.74) is 7.87. The number of alkyl halides is 2. The average Bonchev–Trinajstić information content (AvgIpc) is 2.79. The van der Waals surface area contributed by atoms with Gasteiger partial charge in [-0.05, 0) is 18.1 Å². The molecule has 0 aromatic heterocycles. The van der Waals surface area contributed by atoms with Crippen LogP contribution in [0.1, 0.15) is 28.7 Å². The molecule has 1 unspecified atom stereocenters. The molecule has 0 aliphatic heterocycles. The number of aliphatic hydroxyl groups is 1. The number of aryl methyl sites for hydroxylation is 1. The number of ether oxygens (including phenoxy) is 1. The van der Waals surface area contributed by atoms with Crippen LogP contribution in [0.5, 0.6) is 0 Å². The molecule has 5 nitrogen and oxygen atoms in total. The molecule has 3 aromatic carbocycles. The Hall–Kier alpha value is -3.29. The first kappa shape index (κ1) is 26.0. The van der Waals surface area contributed by atoms with Crippen molar-refractivity contribution < 1.29 is 23.4 Å². The lowest BCUT2D eigenvalue weighted by molar-refractivity contribution is -0.0493. The van der Waals surface area contributed by atoms with E-state index in [2.05, 4.69) is 10.1 Å². The molecule has 0 spiro atoms. The Kier molecular flexibility index (Phi) is 10.5. The molecule has 7 heteroatoms. The van der Waals surface area contributed by atoms with Gasteiger partial charge in [-0.15, -0.1) is 0 Å². The normalized spacial score (nSPS) is 11.8. The van der Waals surface area contributed by atoms with E-state index in [1.807, 2.05) is 61.5 Å². The van der Waals surface area contributed by atoms with Crippen molar-refractivity contribution in [1.82, 2.24) is 5.32 Å². The highest BCUT2D eigenvalue weighted by Crippen LogP contribution is 2.32. The van der Waals surface area contributed by atoms with E-state index in [0.29, 0.717) is 6.54 Å². The molecule has 3 rings (SSSR count). The lowest BCUT2D eigenvalue weighted by Crippen LogP contribution is -2.31. The van der Waals surface area contributed by atoms with Gasteiger partial charge in [-0.25, -0.2) is 13.6 Å². The molecule has 0 saturated carbocycles. The number of benzene rings is 3. The first-order valence-electron chi connectivity index (χ1n) is 10.6. The van der Waals surface area contributed by atoms with E-state index in [-0.39, 0.29) is 18.7 Å². The SMILES string of the molecule is Cc1cccc(CNCC(O)CC(F)(F)c2ccccc2)c1.NC(=O)OCc1ccccc1. The fourth-order valence-corrected chi connectivity index (χ4v) is 3.10. The predicted octanol–water partition coefficient (Wildman–Crippen LogP) is 4.91. The van der Waals surface area contributed by atoms with Gasteiger partial charge in [0.2, 0.25) is 0 Å². The molecular formula is C26H30F2N2O3. The second-order valence-electron chi connectivity index (χ2n) is 7.64. The van der Waals surface area contributed by atoms with E-state index in [1.165, 1.54) is 12.1 Å². The highest BCUT2D eigenvalue weighted by Gasteiger charge is 2.33. The molecule has 1 amide bonds. The van der Waals surface area contributed by atoms with Gasteiger partial charge in [0.25, 0.3) is 5.92 Å². The second kappa shape index (κ2) is 13.3. The first-order chi connectivity index (χ1) is 15.8. The van der Waals surface area contributed by atoms with Gasteiger partial charge in [-0.1, -0.05) is 90.5 Å². The monoisotopic (exact) mass is 456 g/mol. The zero-order valence-electron chi connectivity index (χ0n) is 18.6. The maximum absolute atomic E-state index is 14.0. The Labute approximate surface area is 193 Å². The summed E-state index contributed by atoms with van der Waals surface area (Å²) in [6.45, 7) is 2.93. The molecule has 0 bridgehead atoms. The van der Waals surface area contributed by atoms with Crippen LogP contribution >= 0.6 is 0 Å². The second-order valence-corrected chi connectivity index (χ2v) is 7.64. The van der Waals surface area contributed by atoms with Gasteiger partial charge in [0, 0.05) is 25.1 Å². The minimum absolute atomic E-state index is 0.0623. The van der Waals surface area contributed by atoms with Gasteiger partial charge in [0.15, 0.2) is 0 Å². The predicted molar refractivity (Wildman–Crippen MR) is 125 cm³/mol. The third-order valence-electron chi connectivity index (χ3n) is 4.70. The van der Waals surface area contributed by atoms with Crippen LogP contribution in [0.2, 0.25) is 0 Å². The molecular weight excluding hydrogens is 426 g/mol. The number of rotatable bonds is 9. The van der Waals surface area contributed by atoms with Crippen LogP contribution in [0.3, 0.4) is 0 Å². The van der Waals surface area contributed by atoms with E-state index in [9.17, 15) is 18.7 Å². The summed E-state index contributed by atoms with van der Waals surface area (Å²) in [6.07, 6.45) is -2.42. The third-order valence-corrected chi connectivity index (χ3v) is 4.70. The average molecular weight is 457 g/mol. The number of carbonyl (C=O) groups is 1. The first-order valence-corrected chi connectivity index (χ1v) is 10.6. The number of amides is 1. The van der Waals surface area contributed by atoms with Gasteiger partial charge >= 0.3 is 6.09 Å². The molecule has 1 atom stereocenters. The number of nitrogens with two attached hydrogens (primary N) is 1. The Morgan fingerprint density at radius 3 is 2.21 bits per heavy atom. The number of nitrogens with one attached hydrogen (secondary N) is 1. The van der Waals surface area contributed by atoms with Crippen LogP contribution < -0.4 is 11.1 Å². The van der Waals surface area contributed by atoms with Crippen molar-refractivity contribution in [2.45, 2.75) is 38.5 Å². The standard InChI is InChI=1S/C18H21F2NO.C8H9NO2/c1-14-6-5-7-15(10-14)12-21-13-17(22)11-18(19,20)16-8-3-2-4-9-16;9-8(10)11-6-7-4-2-1-3-5-7/h2-10,17,21-22H,11-13H2,1H3;1-5H,6H2,(H2,9,10). The maximum Gasteiger partial charge on any atom is 0.404 e. The highest BCUT2D eigenvalue weighted by atomic mass is 19.3. The fourth-order valence-electron chi connectivity index (χ4n) is 3.10. The van der Waals surface area contributed by atoms with E-state index in [0.717, 1.165) is 16.7 Å². The smallest absolute Gasteiger partial charge is 0.404 e. The summed E-state index contributed by atoms with van der Waals surface area (Å²) in [7, 11) is 0. The van der Waals surface area contributed by atoms with Crippen molar-refractivity contribution in [2.24, 2.45) is 5.73 Å². The summed E-state index contributed by atoms with van der Waals surface area (Å²) in [6, 6.07) is 24.9. The molecule has 0 aliphatic rings. The van der Waals surface area contributed by atoms with Gasteiger partial charge < -0.3 is 20.9 Å². The van der Waals surface area contributed by atoms with E-state index < -0.39 is 24.5 Å². The minimum atomic E-state index is -3.02. The molecule has 176 valence electrons. The van der Waals surface area contributed by atoms with Crippen LogP contribution in [-0.4, -0.2) is 23.8 Å². The minimum Gasteiger partial charge on any atom is -0.445 e. The van der Waals surface area contributed by atoms with Crippen molar-refractivity contribution >= 4 is 6.09 Å². The Bertz CT molecular complexity index is 970. The van der Waals surface area contributed by atoms with Crippen LogP contribution in [0.15, 0.2) is 84.9 Å². The van der Waals surface area contributed by atoms with E-state index in [1.54, 1.807) is 18.2 Å². The van der Waals surface area contributed by atoms with Gasteiger partial charge in [0.05, 0.1) is 6.10 Å². The number of halogens is 2. The molecule has 4 N–H and O–H groups in total. The fraction of sp³-hybridized carbons (Fsp3) is 0.269. The van der Waals surface area contributed by atoms with E-state index in [4.69, 9.17) is 5.73 Å². The summed E-state index contributed by atoms with van der Waals surface area (Å²) >= 11 is 0. The van der Waals surface area contributed by atoms with Crippen LogP contribution in [0.25, 0.3) is 0 Å². The number of hydrogen-bond acceptors (Lipinski definition) is 4. The summed E-state index contributed by atoms with van der Waals surface area (Å²) < 4.78 is 32.6. The van der Waals surface area contributed by atoms with Crippen LogP contribution in [-0.2, 0) is 23.8 Å². The van der Waals surface area contributed by atoms with E-state index >= 15 is 0 Å². The molecule has 33 heavy (non-hydrogen) atoms. The van der Waals surface area contributed by atoms with Gasteiger partial charge in [-0.3, -0.25) is 0 Å². The summed E-state index contributed by atoms with van der Waals surface area (Å²) in [5.74, 6) is -3.02. The number of hydrogen-bond donors (Lipinski definition) is 3. The Morgan fingerprint density at radius 1 is 1.00 bits per heavy atom. The van der Waals surface area contributed by atoms with Gasteiger partial charge in [0.1, 0.15) is 6.61 Å². The summed E-state index contributed by atoms with van der Waals surface area (Å²) in [4.78, 5) is 10.2. The Balaban J connectivity index is 0.000000294. The number of carbonyl (C=O) groups excluding carboxylic acids is 1. The molecule has 0 fully saturated rings. The lowest BCUT2D eigenvalue weighted by Gasteiger charge is -2.20. The zero-order chi connectivity index (χ0) is 24.1. The van der Waals surface area contributed by atoms with Crippen molar-refractivity contribution in [3.05, 3.63) is 107 Å². The Morgan fingerprint density at radius 2 is 1.61 bits per heavy atom. The molecule has 0 aliphatic carbocycles. The lowest BCUT2D eigenvalue weighted by atomic mass is 10.0. The zero-order valence-corrected chi connectivity index (χ0v) is 18.6. The molecule has 3 aromatic rings. The molecule has 0 heterocycles. The van der Waals surface area contributed by atoms with Gasteiger partial charge in [-0.2, -0.15) is 0 Å². The summed E-state index contributed by atoms with van der Waals surface area (Å²) in [5, 5.41) is 12.9. The van der Waals surface area contributed by atoms with Crippen LogP contribution in [0.4, 0.5) is 13.6 Å². The largest absolute Gasteiger partial charge is 0.445 e. The van der Waals surface area contributed by atoms with Crippen LogP contribution in [0, 0.1) is 6.92 Å². The van der Waals surface area contributed by atoms with Crippen molar-refractivity contribution in [3.63, 3.8) is 0 Å². The van der Waals surface area contributed by atoms with Crippen molar-refractivity contribution in [3.8, 4) is 0 Å². The maximum atomic E-state index is 14.0. The number of aliphatic hydroxyl groups excluding tert-OH is 1. The topological polar surface area (TPSA) is 84.6 Å². The quantitative estimate of drug-likeness (QED) is 0.427.